The van der Waals surface area contributed by atoms with Crippen LogP contribution in [0.5, 0.6) is 0 Å². The number of rotatable bonds is 5. The van der Waals surface area contributed by atoms with E-state index in [9.17, 15) is 16.8 Å². The molecule has 0 spiro atoms. The van der Waals surface area contributed by atoms with E-state index < -0.39 is 25.2 Å². The van der Waals surface area contributed by atoms with E-state index in [0.717, 1.165) is 4.31 Å². The molecule has 0 aromatic rings. The molecule has 1 heterocycles. The Bertz CT molecular complexity index is 445. The van der Waals surface area contributed by atoms with Gasteiger partial charge in [-0.3, -0.25) is 0 Å². The lowest BCUT2D eigenvalue weighted by Gasteiger charge is -2.33. The molecule has 1 atom stereocenters. The molecular formula is C8H18N2O4S3. The normalized spacial score (nSPS) is 23.8. The lowest BCUT2D eigenvalue weighted by atomic mass is 10.6. The quantitative estimate of drug-likeness (QED) is 0.706. The highest BCUT2D eigenvalue weighted by atomic mass is 32.2. The molecule has 1 unspecified atom stereocenters. The van der Waals surface area contributed by atoms with Gasteiger partial charge in [-0.2, -0.15) is 16.1 Å². The second kappa shape index (κ2) is 5.87. The van der Waals surface area contributed by atoms with Crippen molar-refractivity contribution >= 4 is 31.6 Å². The third-order valence-corrected chi connectivity index (χ3v) is 7.91. The van der Waals surface area contributed by atoms with Crippen LogP contribution in [0.15, 0.2) is 0 Å². The number of hydrogen-bond acceptors (Lipinski definition) is 6. The number of sulfone groups is 1. The molecule has 1 fully saturated rings. The Kier molecular flexibility index (Phi) is 5.26. The topological polar surface area (TPSA) is 97.5 Å². The van der Waals surface area contributed by atoms with E-state index in [1.807, 2.05) is 0 Å². The Labute approximate surface area is 107 Å². The summed E-state index contributed by atoms with van der Waals surface area (Å²) in [6.45, 7) is 1.78. The zero-order valence-electron chi connectivity index (χ0n) is 9.70. The van der Waals surface area contributed by atoms with Gasteiger partial charge in [0.1, 0.15) is 5.37 Å². The van der Waals surface area contributed by atoms with Crippen LogP contribution in [0.4, 0.5) is 0 Å². The summed E-state index contributed by atoms with van der Waals surface area (Å²) in [5.41, 5.74) is 5.25. The third-order valence-electron chi connectivity index (χ3n) is 2.59. The van der Waals surface area contributed by atoms with Crippen molar-refractivity contribution in [2.45, 2.75) is 12.3 Å². The van der Waals surface area contributed by atoms with Gasteiger partial charge in [-0.25, -0.2) is 16.8 Å². The van der Waals surface area contributed by atoms with E-state index in [1.165, 1.54) is 18.7 Å². The van der Waals surface area contributed by atoms with Gasteiger partial charge < -0.3 is 5.73 Å². The lowest BCUT2D eigenvalue weighted by Crippen LogP contribution is -2.51. The largest absolute Gasteiger partial charge is 0.329 e. The Morgan fingerprint density at radius 3 is 2.53 bits per heavy atom. The molecule has 6 nitrogen and oxygen atoms in total. The van der Waals surface area contributed by atoms with Crippen LogP contribution < -0.4 is 5.73 Å². The highest BCUT2D eigenvalue weighted by molar-refractivity contribution is 8.01. The summed E-state index contributed by atoms with van der Waals surface area (Å²) >= 11 is 1.47. The van der Waals surface area contributed by atoms with Crippen LogP contribution in [0, 0.1) is 0 Å². The summed E-state index contributed by atoms with van der Waals surface area (Å²) in [6.07, 6.45) is 0. The summed E-state index contributed by atoms with van der Waals surface area (Å²) in [7, 11) is -6.95. The second-order valence-corrected chi connectivity index (χ2v) is 9.33. The zero-order chi connectivity index (χ0) is 13.1. The van der Waals surface area contributed by atoms with Crippen LogP contribution in [0.25, 0.3) is 0 Å². The van der Waals surface area contributed by atoms with Crippen molar-refractivity contribution in [2.75, 3.05) is 36.1 Å². The summed E-state index contributed by atoms with van der Waals surface area (Å²) in [5.74, 6) is 0.680. The van der Waals surface area contributed by atoms with E-state index in [2.05, 4.69) is 0 Å². The molecule has 0 radical (unpaired) electrons. The molecule has 1 rings (SSSR count). The fourth-order valence-electron chi connectivity index (χ4n) is 1.63. The molecule has 102 valence electrons. The van der Waals surface area contributed by atoms with Crippen molar-refractivity contribution in [1.82, 2.24) is 4.31 Å². The van der Waals surface area contributed by atoms with Gasteiger partial charge in [0, 0.05) is 30.3 Å². The fraction of sp³-hybridized carbons (Fsp3) is 1.00. The maximum Gasteiger partial charge on any atom is 0.216 e. The third kappa shape index (κ3) is 3.57. The average Bonchev–Trinajstić information content (AvgIpc) is 2.29. The van der Waals surface area contributed by atoms with Crippen molar-refractivity contribution in [2.24, 2.45) is 5.73 Å². The smallest absolute Gasteiger partial charge is 0.216 e. The van der Waals surface area contributed by atoms with Crippen LogP contribution in [0.2, 0.25) is 0 Å². The monoisotopic (exact) mass is 302 g/mol. The first-order chi connectivity index (χ1) is 7.85. The molecule has 0 bridgehead atoms. The van der Waals surface area contributed by atoms with E-state index >= 15 is 0 Å². The molecule has 9 heteroatoms. The molecule has 0 aromatic heterocycles. The predicted octanol–water partition coefficient (Wildman–Crippen LogP) is -0.915. The lowest BCUT2D eigenvalue weighted by molar-refractivity contribution is 0.404. The van der Waals surface area contributed by atoms with Crippen molar-refractivity contribution in [3.05, 3.63) is 0 Å². The Morgan fingerprint density at radius 2 is 2.00 bits per heavy atom. The summed E-state index contributed by atoms with van der Waals surface area (Å²) < 4.78 is 48.7. The predicted molar refractivity (Wildman–Crippen MR) is 70.1 cm³/mol. The summed E-state index contributed by atoms with van der Waals surface area (Å²) in [5, 5.41) is -0.928. The molecule has 1 aliphatic heterocycles. The van der Waals surface area contributed by atoms with Gasteiger partial charge in [0.15, 0.2) is 9.84 Å². The Balaban J connectivity index is 3.03. The minimum Gasteiger partial charge on any atom is -0.329 e. The van der Waals surface area contributed by atoms with E-state index in [-0.39, 0.29) is 24.6 Å². The summed E-state index contributed by atoms with van der Waals surface area (Å²) in [4.78, 5) is 0. The zero-order valence-corrected chi connectivity index (χ0v) is 12.2. The average molecular weight is 302 g/mol. The molecule has 0 aromatic carbocycles. The minimum atomic E-state index is -3.56. The molecule has 1 aliphatic rings. The van der Waals surface area contributed by atoms with Gasteiger partial charge >= 0.3 is 0 Å². The van der Waals surface area contributed by atoms with Gasteiger partial charge in [-0.15, -0.1) is 0 Å². The first-order valence-electron chi connectivity index (χ1n) is 5.34. The molecule has 1 saturated heterocycles. The number of sulfonamides is 1. The van der Waals surface area contributed by atoms with Crippen molar-refractivity contribution in [1.29, 1.82) is 0 Å². The standard InChI is InChI=1S/C8H18N2O4S3/c1-2-16(11,12)8-7-15-5-4-10(8)17(13,14)6-3-9/h8H,2-7,9H2,1H3. The van der Waals surface area contributed by atoms with E-state index in [4.69, 9.17) is 5.73 Å². The van der Waals surface area contributed by atoms with Gasteiger partial charge in [-0.05, 0) is 0 Å². The molecular weight excluding hydrogens is 284 g/mol. The molecule has 0 amide bonds. The molecule has 2 N–H and O–H groups in total. The molecule has 0 saturated carbocycles. The van der Waals surface area contributed by atoms with Gasteiger partial charge in [0.2, 0.25) is 10.0 Å². The van der Waals surface area contributed by atoms with Gasteiger partial charge in [-0.1, -0.05) is 6.92 Å². The van der Waals surface area contributed by atoms with Crippen LogP contribution in [-0.2, 0) is 19.9 Å². The van der Waals surface area contributed by atoms with Crippen molar-refractivity contribution in [3.63, 3.8) is 0 Å². The maximum atomic E-state index is 11.9. The van der Waals surface area contributed by atoms with Crippen LogP contribution in [0.1, 0.15) is 6.92 Å². The van der Waals surface area contributed by atoms with Crippen LogP contribution in [-0.4, -0.2) is 62.6 Å². The second-order valence-electron chi connectivity index (χ2n) is 3.70. The van der Waals surface area contributed by atoms with Gasteiger partial charge in [0.25, 0.3) is 0 Å². The summed E-state index contributed by atoms with van der Waals surface area (Å²) in [6, 6.07) is 0. The van der Waals surface area contributed by atoms with Crippen LogP contribution in [0.3, 0.4) is 0 Å². The maximum absolute atomic E-state index is 11.9. The van der Waals surface area contributed by atoms with Gasteiger partial charge in [0.05, 0.1) is 5.75 Å². The van der Waals surface area contributed by atoms with Crippen molar-refractivity contribution in [3.8, 4) is 0 Å². The highest BCUT2D eigenvalue weighted by Gasteiger charge is 2.39. The highest BCUT2D eigenvalue weighted by Crippen LogP contribution is 2.24. The van der Waals surface area contributed by atoms with Crippen LogP contribution >= 0.6 is 11.8 Å². The number of hydrogen-bond donors (Lipinski definition) is 1. The minimum absolute atomic E-state index is 0.00483. The van der Waals surface area contributed by atoms with Crippen molar-refractivity contribution < 1.29 is 16.8 Å². The van der Waals surface area contributed by atoms with E-state index in [1.54, 1.807) is 0 Å². The van der Waals surface area contributed by atoms with E-state index in [0.29, 0.717) is 11.5 Å². The number of nitrogens with zero attached hydrogens (tertiary/aromatic N) is 1. The first kappa shape index (κ1) is 15.2. The number of thioether (sulfide) groups is 1. The SMILES string of the molecule is CCS(=O)(=O)C1CSCCN1S(=O)(=O)CCN. The Morgan fingerprint density at radius 1 is 1.35 bits per heavy atom. The fourth-order valence-corrected chi connectivity index (χ4v) is 6.80. The molecule has 0 aliphatic carbocycles. The Hall–Kier alpha value is 0.170. The first-order valence-corrected chi connectivity index (χ1v) is 9.82. The molecule has 17 heavy (non-hydrogen) atoms. The number of nitrogens with two attached hydrogens (primary N) is 1.